The summed E-state index contributed by atoms with van der Waals surface area (Å²) in [6, 6.07) is 19.5. The summed E-state index contributed by atoms with van der Waals surface area (Å²) in [7, 11) is 0. The van der Waals surface area contributed by atoms with Crippen molar-refractivity contribution in [3.63, 3.8) is 0 Å². The van der Waals surface area contributed by atoms with E-state index in [9.17, 15) is 9.59 Å². The third kappa shape index (κ3) is 4.32. The Balaban J connectivity index is 1.32. The summed E-state index contributed by atoms with van der Waals surface area (Å²) in [6.45, 7) is 2.66. The van der Waals surface area contributed by atoms with Crippen molar-refractivity contribution < 1.29 is 19.1 Å². The number of fused-ring (bicyclic) bond motifs is 3. The predicted molar refractivity (Wildman–Crippen MR) is 112 cm³/mol. The molecule has 6 heteroatoms. The fourth-order valence-electron chi connectivity index (χ4n) is 3.22. The Morgan fingerprint density at radius 2 is 1.90 bits per heavy atom. The van der Waals surface area contributed by atoms with E-state index in [0.717, 1.165) is 27.3 Å². The van der Waals surface area contributed by atoms with Gasteiger partial charge in [0.2, 0.25) is 0 Å². The van der Waals surface area contributed by atoms with E-state index < -0.39 is 5.97 Å². The Hall–Kier alpha value is -3.12. The van der Waals surface area contributed by atoms with E-state index in [2.05, 4.69) is 5.32 Å². The van der Waals surface area contributed by atoms with Gasteiger partial charge in [-0.1, -0.05) is 49.4 Å². The maximum absolute atomic E-state index is 12.4. The smallest absolute Gasteiger partial charge is 0.348 e. The minimum atomic E-state index is -0.492. The average Bonchev–Trinajstić information content (AvgIpc) is 3.21. The monoisotopic (exact) mass is 407 g/mol. The highest BCUT2D eigenvalue weighted by molar-refractivity contribution is 7.17. The van der Waals surface area contributed by atoms with Crippen molar-refractivity contribution >= 4 is 23.2 Å². The Bertz CT molecular complexity index is 1030. The lowest BCUT2D eigenvalue weighted by atomic mass is 10.0. The van der Waals surface area contributed by atoms with Crippen LogP contribution in [0.3, 0.4) is 0 Å². The number of para-hydroxylation sites is 1. The van der Waals surface area contributed by atoms with Crippen LogP contribution in [0, 0.1) is 0 Å². The molecule has 4 rings (SSSR count). The van der Waals surface area contributed by atoms with Gasteiger partial charge in [-0.3, -0.25) is 4.79 Å². The van der Waals surface area contributed by atoms with Gasteiger partial charge in [0.05, 0.1) is 0 Å². The first-order valence-corrected chi connectivity index (χ1v) is 10.3. The van der Waals surface area contributed by atoms with Gasteiger partial charge in [-0.15, -0.1) is 11.3 Å². The first kappa shape index (κ1) is 19.2. The molecule has 1 amide bonds. The van der Waals surface area contributed by atoms with Crippen molar-refractivity contribution in [1.82, 2.24) is 5.32 Å². The maximum Gasteiger partial charge on any atom is 0.348 e. The second-order valence-electron chi connectivity index (χ2n) is 6.94. The minimum Gasteiger partial charge on any atom is -0.488 e. The molecular formula is C23H21NO4S. The average molecular weight is 407 g/mol. The van der Waals surface area contributed by atoms with Crippen molar-refractivity contribution in [2.45, 2.75) is 19.4 Å². The molecule has 1 aromatic heterocycles. The molecule has 0 saturated heterocycles. The molecule has 148 valence electrons. The third-order valence-electron chi connectivity index (χ3n) is 4.83. The fourth-order valence-corrected chi connectivity index (χ4v) is 4.31. The van der Waals surface area contributed by atoms with E-state index in [-0.39, 0.29) is 18.4 Å². The topological polar surface area (TPSA) is 64.6 Å². The Labute approximate surface area is 173 Å². The zero-order chi connectivity index (χ0) is 20.2. The molecule has 1 aliphatic rings. The summed E-state index contributed by atoms with van der Waals surface area (Å²) in [6.07, 6.45) is 0. The molecule has 5 nitrogen and oxygen atoms in total. The molecule has 1 N–H and O–H groups in total. The van der Waals surface area contributed by atoms with Crippen molar-refractivity contribution in [3.05, 3.63) is 76.7 Å². The number of thiophene rings is 1. The Morgan fingerprint density at radius 3 is 2.72 bits per heavy atom. The standard InChI is InChI=1S/C23H21NO4S/c1-15(16-7-3-2-4-8-16)12-24-21(25)14-28-23(26)20-11-17-13-27-19-10-6-5-9-18(19)22(17)29-20/h2-11,15H,12-14H2,1H3,(H,24,25). The molecule has 29 heavy (non-hydrogen) atoms. The fraction of sp³-hybridized carbons (Fsp3) is 0.217. The van der Waals surface area contributed by atoms with Crippen LogP contribution in [0.1, 0.15) is 33.6 Å². The molecule has 0 spiro atoms. The van der Waals surface area contributed by atoms with Gasteiger partial charge in [0, 0.05) is 22.5 Å². The minimum absolute atomic E-state index is 0.181. The van der Waals surface area contributed by atoms with Crippen molar-refractivity contribution in [2.75, 3.05) is 13.2 Å². The van der Waals surface area contributed by atoms with E-state index in [1.165, 1.54) is 11.3 Å². The van der Waals surface area contributed by atoms with Gasteiger partial charge in [-0.2, -0.15) is 0 Å². The third-order valence-corrected chi connectivity index (χ3v) is 6.02. The zero-order valence-electron chi connectivity index (χ0n) is 16.0. The van der Waals surface area contributed by atoms with E-state index >= 15 is 0 Å². The molecule has 0 radical (unpaired) electrons. The number of benzene rings is 2. The molecular weight excluding hydrogens is 386 g/mol. The summed E-state index contributed by atoms with van der Waals surface area (Å²) < 4.78 is 10.9. The van der Waals surface area contributed by atoms with Gasteiger partial charge >= 0.3 is 5.97 Å². The van der Waals surface area contributed by atoms with Gasteiger partial charge in [0.1, 0.15) is 17.2 Å². The van der Waals surface area contributed by atoms with Crippen molar-refractivity contribution in [1.29, 1.82) is 0 Å². The lowest BCUT2D eigenvalue weighted by Gasteiger charge is -2.16. The van der Waals surface area contributed by atoms with Gasteiger partial charge in [0.25, 0.3) is 5.91 Å². The number of esters is 1. The van der Waals surface area contributed by atoms with Crippen molar-refractivity contribution in [2.24, 2.45) is 0 Å². The lowest BCUT2D eigenvalue weighted by Crippen LogP contribution is -2.31. The van der Waals surface area contributed by atoms with E-state index in [1.54, 1.807) is 6.07 Å². The number of hydrogen-bond acceptors (Lipinski definition) is 5. The number of carbonyl (C=O) groups excluding carboxylic acids is 2. The summed E-state index contributed by atoms with van der Waals surface area (Å²) in [5, 5.41) is 2.82. The van der Waals surface area contributed by atoms with Crippen LogP contribution in [0.25, 0.3) is 10.4 Å². The lowest BCUT2D eigenvalue weighted by molar-refractivity contribution is -0.124. The van der Waals surface area contributed by atoms with E-state index in [4.69, 9.17) is 9.47 Å². The van der Waals surface area contributed by atoms with Crippen LogP contribution >= 0.6 is 11.3 Å². The number of nitrogens with one attached hydrogen (secondary N) is 1. The Morgan fingerprint density at radius 1 is 1.14 bits per heavy atom. The molecule has 0 saturated carbocycles. The first-order chi connectivity index (χ1) is 14.1. The summed E-state index contributed by atoms with van der Waals surface area (Å²) in [5.74, 6) is 0.192. The molecule has 1 atom stereocenters. The maximum atomic E-state index is 12.4. The molecule has 0 aliphatic carbocycles. The van der Waals surface area contributed by atoms with Gasteiger partial charge in [-0.05, 0) is 29.7 Å². The zero-order valence-corrected chi connectivity index (χ0v) is 16.8. The van der Waals surface area contributed by atoms with Crippen LogP contribution in [0.4, 0.5) is 0 Å². The van der Waals surface area contributed by atoms with Crippen LogP contribution in [0.2, 0.25) is 0 Å². The number of rotatable bonds is 6. The highest BCUT2D eigenvalue weighted by Gasteiger charge is 2.23. The quantitative estimate of drug-likeness (QED) is 0.616. The van der Waals surface area contributed by atoms with E-state index in [1.807, 2.05) is 61.5 Å². The first-order valence-electron chi connectivity index (χ1n) is 9.45. The van der Waals surface area contributed by atoms with Gasteiger partial charge < -0.3 is 14.8 Å². The van der Waals surface area contributed by atoms with E-state index in [0.29, 0.717) is 18.0 Å². The molecule has 1 aliphatic heterocycles. The Kier molecular flexibility index (Phi) is 5.62. The van der Waals surface area contributed by atoms with Crippen LogP contribution in [0.15, 0.2) is 60.7 Å². The summed E-state index contributed by atoms with van der Waals surface area (Å²) >= 11 is 1.37. The second-order valence-corrected chi connectivity index (χ2v) is 7.99. The normalized spacial score (nSPS) is 12.9. The molecule has 1 unspecified atom stereocenters. The van der Waals surface area contributed by atoms with Crippen molar-refractivity contribution in [3.8, 4) is 16.2 Å². The molecule has 3 aromatic rings. The van der Waals surface area contributed by atoms with Crippen LogP contribution in [-0.4, -0.2) is 25.0 Å². The van der Waals surface area contributed by atoms with Gasteiger partial charge in [0.15, 0.2) is 6.61 Å². The highest BCUT2D eigenvalue weighted by Crippen LogP contribution is 2.42. The van der Waals surface area contributed by atoms with Gasteiger partial charge in [-0.25, -0.2) is 4.79 Å². The molecule has 2 aromatic carbocycles. The molecule has 0 bridgehead atoms. The summed E-state index contributed by atoms with van der Waals surface area (Å²) in [5.41, 5.74) is 3.09. The second kappa shape index (κ2) is 8.49. The SMILES string of the molecule is CC(CNC(=O)COC(=O)c1cc2c(s1)-c1ccccc1OC2)c1ccccc1. The molecule has 0 fully saturated rings. The van der Waals surface area contributed by atoms with Crippen LogP contribution < -0.4 is 10.1 Å². The molecule has 2 heterocycles. The number of ether oxygens (including phenoxy) is 2. The van der Waals surface area contributed by atoms with Crippen LogP contribution in [0.5, 0.6) is 5.75 Å². The number of hydrogen-bond donors (Lipinski definition) is 1. The number of carbonyl (C=O) groups is 2. The summed E-state index contributed by atoms with van der Waals surface area (Å²) in [4.78, 5) is 26.0. The highest BCUT2D eigenvalue weighted by atomic mass is 32.1. The number of amides is 1. The predicted octanol–water partition coefficient (Wildman–Crippen LogP) is 4.38. The largest absolute Gasteiger partial charge is 0.488 e. The van der Waals surface area contributed by atoms with Crippen LogP contribution in [-0.2, 0) is 16.1 Å².